The molecule has 0 amide bonds. The van der Waals surface area contributed by atoms with Gasteiger partial charge in [-0.3, -0.25) is 0 Å². The van der Waals surface area contributed by atoms with E-state index in [1.54, 1.807) is 13.4 Å². The molecule has 3 heterocycles. The van der Waals surface area contributed by atoms with Gasteiger partial charge in [0, 0.05) is 48.9 Å². The Morgan fingerprint density at radius 1 is 0.964 bits per heavy atom. The molecule has 2 saturated carbocycles. The van der Waals surface area contributed by atoms with Gasteiger partial charge in [-0.25, -0.2) is 19.9 Å². The van der Waals surface area contributed by atoms with Crippen LogP contribution in [0.4, 0.5) is 11.6 Å². The zero-order valence-corrected chi connectivity index (χ0v) is 16.7. The van der Waals surface area contributed by atoms with E-state index < -0.39 is 0 Å². The van der Waals surface area contributed by atoms with Crippen molar-refractivity contribution in [2.24, 2.45) is 0 Å². The highest BCUT2D eigenvalue weighted by Gasteiger charge is 2.37. The number of piperidine rings is 1. The minimum absolute atomic E-state index is 0.509. The van der Waals surface area contributed by atoms with Gasteiger partial charge < -0.3 is 14.5 Å². The molecule has 7 heteroatoms. The molecule has 0 radical (unpaired) electrons. The fraction of sp³-hybridized carbons (Fsp3) is 0.619. The Labute approximate surface area is 166 Å². The first kappa shape index (κ1) is 17.6. The average molecular weight is 380 g/mol. The van der Waals surface area contributed by atoms with Crippen LogP contribution in [0.15, 0.2) is 18.5 Å². The second kappa shape index (κ2) is 7.18. The minimum atomic E-state index is 0.509. The molecule has 3 fully saturated rings. The Bertz CT molecular complexity index is 843. The van der Waals surface area contributed by atoms with Crippen molar-refractivity contribution in [3.63, 3.8) is 0 Å². The zero-order valence-electron chi connectivity index (χ0n) is 16.7. The molecular weight excluding hydrogens is 352 g/mol. The van der Waals surface area contributed by atoms with Crippen LogP contribution in [0.25, 0.3) is 0 Å². The van der Waals surface area contributed by atoms with Gasteiger partial charge in [0.2, 0.25) is 5.88 Å². The van der Waals surface area contributed by atoms with Gasteiger partial charge in [-0.05, 0) is 45.4 Å². The highest BCUT2D eigenvalue weighted by molar-refractivity contribution is 5.46. The van der Waals surface area contributed by atoms with Crippen LogP contribution in [0.1, 0.15) is 56.0 Å². The quantitative estimate of drug-likeness (QED) is 0.763. The second-order valence-electron chi connectivity index (χ2n) is 8.28. The van der Waals surface area contributed by atoms with Crippen molar-refractivity contribution in [3.05, 3.63) is 30.0 Å². The van der Waals surface area contributed by atoms with Crippen molar-refractivity contribution in [3.8, 4) is 5.88 Å². The van der Waals surface area contributed by atoms with Gasteiger partial charge >= 0.3 is 0 Å². The molecule has 2 aromatic rings. The molecule has 2 aromatic heterocycles. The van der Waals surface area contributed by atoms with E-state index in [1.165, 1.54) is 25.7 Å². The molecule has 5 rings (SSSR count). The van der Waals surface area contributed by atoms with E-state index in [2.05, 4.69) is 37.7 Å². The van der Waals surface area contributed by atoms with Gasteiger partial charge in [-0.15, -0.1) is 0 Å². The summed E-state index contributed by atoms with van der Waals surface area (Å²) in [5, 5.41) is 0. The summed E-state index contributed by atoms with van der Waals surface area (Å²) in [5.74, 6) is 4.38. The van der Waals surface area contributed by atoms with Crippen LogP contribution in [0.2, 0.25) is 0 Å². The SMILES string of the molecule is COc1cc(N(C2CC2)C2CCN(c3cc(C)nc(C4CC4)n3)CC2)ncn1. The van der Waals surface area contributed by atoms with Crippen molar-refractivity contribution < 1.29 is 4.74 Å². The van der Waals surface area contributed by atoms with Gasteiger partial charge in [0.15, 0.2) is 0 Å². The predicted molar refractivity (Wildman–Crippen MR) is 108 cm³/mol. The van der Waals surface area contributed by atoms with Gasteiger partial charge in [0.25, 0.3) is 0 Å². The molecule has 0 spiro atoms. The lowest BCUT2D eigenvalue weighted by Gasteiger charge is -2.40. The maximum absolute atomic E-state index is 5.31. The third kappa shape index (κ3) is 3.62. The Balaban J connectivity index is 1.30. The van der Waals surface area contributed by atoms with Gasteiger partial charge in [-0.2, -0.15) is 0 Å². The molecule has 0 unspecified atom stereocenters. The molecule has 1 saturated heterocycles. The van der Waals surface area contributed by atoms with E-state index in [-0.39, 0.29) is 0 Å². The fourth-order valence-corrected chi connectivity index (χ4v) is 4.24. The molecule has 7 nitrogen and oxygen atoms in total. The molecule has 0 atom stereocenters. The number of aromatic nitrogens is 4. The summed E-state index contributed by atoms with van der Waals surface area (Å²) < 4.78 is 5.31. The molecule has 0 aromatic carbocycles. The molecule has 28 heavy (non-hydrogen) atoms. The van der Waals surface area contributed by atoms with Crippen LogP contribution in [0, 0.1) is 6.92 Å². The summed E-state index contributed by atoms with van der Waals surface area (Å²) in [6.07, 6.45) is 8.83. The first-order valence-electron chi connectivity index (χ1n) is 10.5. The molecular formula is C21H28N6O. The number of anilines is 2. The lowest BCUT2D eigenvalue weighted by Crippen LogP contribution is -2.46. The van der Waals surface area contributed by atoms with Crippen LogP contribution in [-0.4, -0.2) is 52.2 Å². The van der Waals surface area contributed by atoms with Crippen molar-refractivity contribution in [1.29, 1.82) is 0 Å². The summed E-state index contributed by atoms with van der Waals surface area (Å²) in [7, 11) is 1.66. The number of hydrogen-bond donors (Lipinski definition) is 0. The van der Waals surface area contributed by atoms with Crippen LogP contribution in [0.5, 0.6) is 5.88 Å². The van der Waals surface area contributed by atoms with Crippen molar-refractivity contribution >= 4 is 11.6 Å². The molecule has 148 valence electrons. The number of aryl methyl sites for hydroxylation is 1. The van der Waals surface area contributed by atoms with Crippen LogP contribution in [0.3, 0.4) is 0 Å². The monoisotopic (exact) mass is 380 g/mol. The maximum atomic E-state index is 5.31. The number of methoxy groups -OCH3 is 1. The fourth-order valence-electron chi connectivity index (χ4n) is 4.24. The Morgan fingerprint density at radius 2 is 1.71 bits per heavy atom. The van der Waals surface area contributed by atoms with Crippen molar-refractivity contribution in [2.75, 3.05) is 30.0 Å². The van der Waals surface area contributed by atoms with E-state index in [0.717, 1.165) is 49.1 Å². The van der Waals surface area contributed by atoms with Crippen molar-refractivity contribution in [1.82, 2.24) is 19.9 Å². The van der Waals surface area contributed by atoms with Gasteiger partial charge in [0.1, 0.15) is 23.8 Å². The van der Waals surface area contributed by atoms with E-state index in [9.17, 15) is 0 Å². The third-order valence-corrected chi connectivity index (χ3v) is 6.02. The van der Waals surface area contributed by atoms with Gasteiger partial charge in [0.05, 0.1) is 7.11 Å². The highest BCUT2D eigenvalue weighted by Crippen LogP contribution is 2.39. The molecule has 0 N–H and O–H groups in total. The number of rotatable bonds is 6. The standard InChI is InChI=1S/C21H28N6O/c1-14-11-19(25-21(24-14)15-3-4-15)26-9-7-17(8-10-26)27(16-5-6-16)18-12-20(28-2)23-13-22-18/h11-13,15-17H,3-10H2,1-2H3. The second-order valence-corrected chi connectivity index (χ2v) is 8.28. The van der Waals surface area contributed by atoms with Crippen LogP contribution in [-0.2, 0) is 0 Å². The highest BCUT2D eigenvalue weighted by atomic mass is 16.5. The third-order valence-electron chi connectivity index (χ3n) is 6.02. The summed E-state index contributed by atoms with van der Waals surface area (Å²) in [6.45, 7) is 4.13. The maximum Gasteiger partial charge on any atom is 0.218 e. The Hall–Kier alpha value is -2.44. The smallest absolute Gasteiger partial charge is 0.218 e. The Kier molecular flexibility index (Phi) is 4.53. The van der Waals surface area contributed by atoms with Crippen LogP contribution >= 0.6 is 0 Å². The van der Waals surface area contributed by atoms with Crippen LogP contribution < -0.4 is 14.5 Å². The summed E-state index contributed by atoms with van der Waals surface area (Å²) in [6, 6.07) is 5.23. The van der Waals surface area contributed by atoms with E-state index >= 15 is 0 Å². The lowest BCUT2D eigenvalue weighted by molar-refractivity contribution is 0.395. The van der Waals surface area contributed by atoms with E-state index in [0.29, 0.717) is 23.9 Å². The topological polar surface area (TPSA) is 67.3 Å². The normalized spacial score (nSPS) is 20.3. The number of ether oxygens (including phenoxy) is 1. The number of nitrogens with zero attached hydrogens (tertiary/aromatic N) is 6. The first-order chi connectivity index (χ1) is 13.7. The summed E-state index contributed by atoms with van der Waals surface area (Å²) in [4.78, 5) is 23.2. The Morgan fingerprint density at radius 3 is 2.39 bits per heavy atom. The first-order valence-corrected chi connectivity index (χ1v) is 10.5. The largest absolute Gasteiger partial charge is 0.481 e. The van der Waals surface area contributed by atoms with Gasteiger partial charge in [-0.1, -0.05) is 0 Å². The summed E-state index contributed by atoms with van der Waals surface area (Å²) in [5.41, 5.74) is 1.08. The predicted octanol–water partition coefficient (Wildman–Crippen LogP) is 3.10. The molecule has 1 aliphatic heterocycles. The van der Waals surface area contributed by atoms with E-state index in [1.807, 2.05) is 6.07 Å². The zero-order chi connectivity index (χ0) is 19.1. The minimum Gasteiger partial charge on any atom is -0.481 e. The molecule has 3 aliphatic rings. The molecule has 2 aliphatic carbocycles. The van der Waals surface area contributed by atoms with E-state index in [4.69, 9.17) is 9.72 Å². The summed E-state index contributed by atoms with van der Waals surface area (Å²) >= 11 is 0. The average Bonchev–Trinajstić information content (AvgIpc) is 3.62. The molecule has 0 bridgehead atoms. The number of hydrogen-bond acceptors (Lipinski definition) is 7. The lowest BCUT2D eigenvalue weighted by atomic mass is 10.0. The van der Waals surface area contributed by atoms with Crippen molar-refractivity contribution in [2.45, 2.75) is 63.5 Å².